The van der Waals surface area contributed by atoms with Crippen LogP contribution in [0.4, 0.5) is 5.13 Å². The average Bonchev–Trinajstić information content (AvgIpc) is 3.08. The van der Waals surface area contributed by atoms with Gasteiger partial charge in [0.1, 0.15) is 17.4 Å². The standard InChI is InChI=1S/C20H20N2O3S2/c1-24-16-8-5-9-17-19(16)21-20(27-17)22-12-14(13-22)25-18(23)10-11-26-15-6-3-2-4-7-15/h2-9,14H,10-13H2,1H3. The van der Waals surface area contributed by atoms with Crippen molar-refractivity contribution >= 4 is 44.4 Å². The van der Waals surface area contributed by atoms with Gasteiger partial charge in [0.2, 0.25) is 0 Å². The van der Waals surface area contributed by atoms with Gasteiger partial charge in [0.15, 0.2) is 5.13 Å². The quantitative estimate of drug-likeness (QED) is 0.437. The number of carbonyl (C=O) groups excluding carboxylic acids is 1. The lowest BCUT2D eigenvalue weighted by molar-refractivity contribution is -0.149. The van der Waals surface area contributed by atoms with Crippen molar-refractivity contribution in [1.29, 1.82) is 0 Å². The zero-order valence-electron chi connectivity index (χ0n) is 15.0. The smallest absolute Gasteiger partial charge is 0.307 e. The molecular weight excluding hydrogens is 380 g/mol. The van der Waals surface area contributed by atoms with E-state index < -0.39 is 0 Å². The highest BCUT2D eigenvalue weighted by Crippen LogP contribution is 2.36. The summed E-state index contributed by atoms with van der Waals surface area (Å²) in [6.45, 7) is 1.39. The summed E-state index contributed by atoms with van der Waals surface area (Å²) in [6.07, 6.45) is 0.377. The number of para-hydroxylation sites is 1. The van der Waals surface area contributed by atoms with Crippen LogP contribution in [-0.4, -0.2) is 43.0 Å². The lowest BCUT2D eigenvalue weighted by Gasteiger charge is -2.38. The number of hydrogen-bond acceptors (Lipinski definition) is 7. The van der Waals surface area contributed by atoms with Crippen molar-refractivity contribution in [2.45, 2.75) is 17.4 Å². The summed E-state index contributed by atoms with van der Waals surface area (Å²) >= 11 is 3.31. The van der Waals surface area contributed by atoms with Gasteiger partial charge in [-0.05, 0) is 24.3 Å². The van der Waals surface area contributed by atoms with Gasteiger partial charge in [-0.1, -0.05) is 35.6 Å². The predicted molar refractivity (Wildman–Crippen MR) is 110 cm³/mol. The third-order valence-electron chi connectivity index (χ3n) is 4.33. The predicted octanol–water partition coefficient (Wildman–Crippen LogP) is 4.22. The Labute approximate surface area is 166 Å². The maximum absolute atomic E-state index is 12.0. The summed E-state index contributed by atoms with van der Waals surface area (Å²) < 4.78 is 12.0. The maximum Gasteiger partial charge on any atom is 0.307 e. The largest absolute Gasteiger partial charge is 0.494 e. The molecule has 4 rings (SSSR count). The number of hydrogen-bond donors (Lipinski definition) is 0. The van der Waals surface area contributed by atoms with Crippen LogP contribution in [0.5, 0.6) is 5.75 Å². The molecule has 1 aliphatic heterocycles. The number of thiazole rings is 1. The minimum Gasteiger partial charge on any atom is -0.494 e. The molecule has 27 heavy (non-hydrogen) atoms. The topological polar surface area (TPSA) is 51.7 Å². The Morgan fingerprint density at radius 1 is 1.22 bits per heavy atom. The van der Waals surface area contributed by atoms with E-state index in [0.717, 1.165) is 26.9 Å². The number of ether oxygens (including phenoxy) is 2. The van der Waals surface area contributed by atoms with Crippen molar-refractivity contribution in [1.82, 2.24) is 4.98 Å². The number of methoxy groups -OCH3 is 1. The average molecular weight is 401 g/mol. The molecule has 140 valence electrons. The molecule has 1 aromatic heterocycles. The van der Waals surface area contributed by atoms with Gasteiger partial charge in [-0.3, -0.25) is 4.79 Å². The minimum absolute atomic E-state index is 0.0480. The lowest BCUT2D eigenvalue weighted by Crippen LogP contribution is -2.53. The van der Waals surface area contributed by atoms with Crippen LogP contribution in [-0.2, 0) is 9.53 Å². The fourth-order valence-electron chi connectivity index (χ4n) is 2.89. The highest BCUT2D eigenvalue weighted by atomic mass is 32.2. The number of aromatic nitrogens is 1. The van der Waals surface area contributed by atoms with Crippen LogP contribution < -0.4 is 9.64 Å². The van der Waals surface area contributed by atoms with E-state index in [1.165, 1.54) is 4.90 Å². The van der Waals surface area contributed by atoms with E-state index in [9.17, 15) is 4.79 Å². The molecule has 0 spiro atoms. The van der Waals surface area contributed by atoms with Gasteiger partial charge in [0.05, 0.1) is 31.3 Å². The first-order chi connectivity index (χ1) is 13.2. The number of esters is 1. The Balaban J connectivity index is 1.24. The molecule has 0 unspecified atom stereocenters. The number of thioether (sulfide) groups is 1. The summed E-state index contributed by atoms with van der Waals surface area (Å²) in [6, 6.07) is 16.0. The molecule has 0 saturated carbocycles. The summed E-state index contributed by atoms with van der Waals surface area (Å²) in [5.41, 5.74) is 0.887. The van der Waals surface area contributed by atoms with Crippen LogP contribution >= 0.6 is 23.1 Å². The van der Waals surface area contributed by atoms with Gasteiger partial charge in [0, 0.05) is 10.6 Å². The van der Waals surface area contributed by atoms with Gasteiger partial charge in [-0.25, -0.2) is 4.98 Å². The zero-order valence-corrected chi connectivity index (χ0v) is 16.6. The second-order valence-corrected chi connectivity index (χ2v) is 8.41. The molecule has 0 bridgehead atoms. The second kappa shape index (κ2) is 8.19. The van der Waals surface area contributed by atoms with Gasteiger partial charge in [0.25, 0.3) is 0 Å². The Kier molecular flexibility index (Phi) is 5.50. The first-order valence-electron chi connectivity index (χ1n) is 8.79. The van der Waals surface area contributed by atoms with Crippen molar-refractivity contribution in [2.75, 3.05) is 30.9 Å². The molecule has 3 aromatic rings. The first-order valence-corrected chi connectivity index (χ1v) is 10.6. The molecule has 2 aromatic carbocycles. The van der Waals surface area contributed by atoms with E-state index in [1.54, 1.807) is 30.2 Å². The second-order valence-electron chi connectivity index (χ2n) is 6.23. The van der Waals surface area contributed by atoms with Gasteiger partial charge in [-0.15, -0.1) is 11.8 Å². The summed E-state index contributed by atoms with van der Waals surface area (Å²) in [5, 5.41) is 0.946. The molecule has 0 radical (unpaired) electrons. The Hall–Kier alpha value is -2.25. The monoisotopic (exact) mass is 400 g/mol. The van der Waals surface area contributed by atoms with Crippen molar-refractivity contribution in [3.8, 4) is 5.75 Å². The van der Waals surface area contributed by atoms with Crippen molar-refractivity contribution in [3.05, 3.63) is 48.5 Å². The number of anilines is 1. The molecule has 0 aliphatic carbocycles. The molecular formula is C20H20N2O3S2. The van der Waals surface area contributed by atoms with Crippen LogP contribution in [0, 0.1) is 0 Å². The van der Waals surface area contributed by atoms with Crippen LogP contribution in [0.2, 0.25) is 0 Å². The molecule has 0 atom stereocenters. The summed E-state index contributed by atoms with van der Waals surface area (Å²) in [5.74, 6) is 1.39. The van der Waals surface area contributed by atoms with E-state index >= 15 is 0 Å². The third-order valence-corrected chi connectivity index (χ3v) is 6.42. The Morgan fingerprint density at radius 2 is 2.04 bits per heavy atom. The summed E-state index contributed by atoms with van der Waals surface area (Å²) in [7, 11) is 1.66. The minimum atomic E-state index is -0.131. The van der Waals surface area contributed by atoms with Gasteiger partial charge >= 0.3 is 5.97 Å². The number of fused-ring (bicyclic) bond motifs is 1. The fraction of sp³-hybridized carbons (Fsp3) is 0.300. The number of nitrogens with zero attached hydrogens (tertiary/aromatic N) is 2. The number of benzene rings is 2. The van der Waals surface area contributed by atoms with E-state index in [-0.39, 0.29) is 12.1 Å². The lowest BCUT2D eigenvalue weighted by atomic mass is 10.2. The van der Waals surface area contributed by atoms with Gasteiger partial charge < -0.3 is 14.4 Å². The third kappa shape index (κ3) is 4.20. The van der Waals surface area contributed by atoms with Crippen molar-refractivity contribution in [3.63, 3.8) is 0 Å². The normalized spacial score (nSPS) is 14.2. The fourth-order valence-corrected chi connectivity index (χ4v) is 4.75. The van der Waals surface area contributed by atoms with E-state index in [0.29, 0.717) is 19.5 Å². The zero-order chi connectivity index (χ0) is 18.6. The van der Waals surface area contributed by atoms with Crippen LogP contribution in [0.25, 0.3) is 10.2 Å². The van der Waals surface area contributed by atoms with Crippen molar-refractivity contribution < 1.29 is 14.3 Å². The molecule has 1 saturated heterocycles. The molecule has 0 amide bonds. The van der Waals surface area contributed by atoms with E-state index in [1.807, 2.05) is 48.5 Å². The highest BCUT2D eigenvalue weighted by Gasteiger charge is 2.32. The molecule has 2 heterocycles. The van der Waals surface area contributed by atoms with Gasteiger partial charge in [-0.2, -0.15) is 0 Å². The molecule has 1 fully saturated rings. The number of carbonyl (C=O) groups is 1. The summed E-state index contributed by atoms with van der Waals surface area (Å²) in [4.78, 5) is 20.0. The van der Waals surface area contributed by atoms with Crippen LogP contribution in [0.15, 0.2) is 53.4 Å². The molecule has 5 nitrogen and oxygen atoms in total. The maximum atomic E-state index is 12.0. The number of rotatable bonds is 7. The SMILES string of the molecule is COc1cccc2sc(N3CC(OC(=O)CCSc4ccccc4)C3)nc12. The van der Waals surface area contributed by atoms with Crippen LogP contribution in [0.1, 0.15) is 6.42 Å². The molecule has 0 N–H and O–H groups in total. The first kappa shape index (κ1) is 18.1. The molecule has 7 heteroatoms. The molecule has 1 aliphatic rings. The Bertz CT molecular complexity index is 923. The Morgan fingerprint density at radius 3 is 2.81 bits per heavy atom. The van der Waals surface area contributed by atoms with E-state index in [2.05, 4.69) is 9.88 Å². The van der Waals surface area contributed by atoms with Crippen LogP contribution in [0.3, 0.4) is 0 Å². The van der Waals surface area contributed by atoms with Crippen molar-refractivity contribution in [2.24, 2.45) is 0 Å². The highest BCUT2D eigenvalue weighted by molar-refractivity contribution is 7.99. The van der Waals surface area contributed by atoms with E-state index in [4.69, 9.17) is 9.47 Å².